The standard InChI is InChI=1S/C11H14ClN5O2S/c12-9-2-3-11(10(13)8-9)20(18,19)15-4-1-6-17-7-5-14-16-17/h2-3,5,7-8,15H,1,4,6,13H2. The first-order chi connectivity index (χ1) is 9.49. The van der Waals surface area contributed by atoms with Gasteiger partial charge in [0.2, 0.25) is 10.0 Å². The summed E-state index contributed by atoms with van der Waals surface area (Å²) in [6, 6.07) is 4.28. The van der Waals surface area contributed by atoms with Crippen molar-refractivity contribution in [2.24, 2.45) is 0 Å². The van der Waals surface area contributed by atoms with Crippen molar-refractivity contribution in [3.63, 3.8) is 0 Å². The van der Waals surface area contributed by atoms with Crippen molar-refractivity contribution in [2.75, 3.05) is 12.3 Å². The summed E-state index contributed by atoms with van der Waals surface area (Å²) in [5.41, 5.74) is 5.79. The highest BCUT2D eigenvalue weighted by Crippen LogP contribution is 2.22. The lowest BCUT2D eigenvalue weighted by Gasteiger charge is -2.09. The van der Waals surface area contributed by atoms with E-state index in [1.165, 1.54) is 18.2 Å². The van der Waals surface area contributed by atoms with Gasteiger partial charge in [0.1, 0.15) is 4.90 Å². The maximum Gasteiger partial charge on any atom is 0.242 e. The average molecular weight is 316 g/mol. The number of rotatable bonds is 6. The first kappa shape index (κ1) is 14.8. The van der Waals surface area contributed by atoms with E-state index < -0.39 is 10.0 Å². The van der Waals surface area contributed by atoms with Gasteiger partial charge in [0.25, 0.3) is 0 Å². The van der Waals surface area contributed by atoms with Crippen LogP contribution >= 0.6 is 11.6 Å². The topological polar surface area (TPSA) is 103 Å². The summed E-state index contributed by atoms with van der Waals surface area (Å²) in [7, 11) is -3.63. The van der Waals surface area contributed by atoms with E-state index in [4.69, 9.17) is 17.3 Å². The van der Waals surface area contributed by atoms with Crippen LogP contribution < -0.4 is 10.5 Å². The third-order valence-corrected chi connectivity index (χ3v) is 4.36. The van der Waals surface area contributed by atoms with E-state index >= 15 is 0 Å². The van der Waals surface area contributed by atoms with Gasteiger partial charge in [-0.1, -0.05) is 16.8 Å². The Morgan fingerprint density at radius 2 is 2.20 bits per heavy atom. The summed E-state index contributed by atoms with van der Waals surface area (Å²) in [5, 5.41) is 7.85. The van der Waals surface area contributed by atoms with E-state index in [-0.39, 0.29) is 17.1 Å². The maximum absolute atomic E-state index is 12.1. The highest BCUT2D eigenvalue weighted by atomic mass is 35.5. The Balaban J connectivity index is 1.93. The molecule has 2 aromatic rings. The Hall–Kier alpha value is -1.64. The number of hydrogen-bond acceptors (Lipinski definition) is 5. The number of hydrogen-bond donors (Lipinski definition) is 2. The molecule has 0 radical (unpaired) electrons. The molecule has 0 aliphatic carbocycles. The molecule has 9 heteroatoms. The van der Waals surface area contributed by atoms with Crippen LogP contribution in [-0.2, 0) is 16.6 Å². The molecule has 0 bridgehead atoms. The van der Waals surface area contributed by atoms with Gasteiger partial charge in [0.05, 0.1) is 11.9 Å². The van der Waals surface area contributed by atoms with Crippen LogP contribution in [0.15, 0.2) is 35.5 Å². The second-order valence-corrected chi connectivity index (χ2v) is 6.27. The summed E-state index contributed by atoms with van der Waals surface area (Å²) in [4.78, 5) is 0.0302. The van der Waals surface area contributed by atoms with Crippen LogP contribution in [0, 0.1) is 0 Å². The fraction of sp³-hybridized carbons (Fsp3) is 0.273. The van der Waals surface area contributed by atoms with Crippen LogP contribution in [0.5, 0.6) is 0 Å². The van der Waals surface area contributed by atoms with Crippen molar-refractivity contribution in [3.05, 3.63) is 35.6 Å². The molecule has 0 saturated carbocycles. The minimum Gasteiger partial charge on any atom is -0.398 e. The molecule has 0 amide bonds. The molecule has 2 rings (SSSR count). The van der Waals surface area contributed by atoms with E-state index in [0.29, 0.717) is 18.0 Å². The number of sulfonamides is 1. The van der Waals surface area contributed by atoms with E-state index in [1.54, 1.807) is 17.1 Å². The Labute approximate surface area is 121 Å². The molecule has 0 aliphatic rings. The van der Waals surface area contributed by atoms with Crippen LogP contribution in [0.2, 0.25) is 5.02 Å². The van der Waals surface area contributed by atoms with Gasteiger partial charge >= 0.3 is 0 Å². The van der Waals surface area contributed by atoms with Gasteiger partial charge in [-0.2, -0.15) is 0 Å². The average Bonchev–Trinajstić information content (AvgIpc) is 2.87. The molecule has 1 heterocycles. The second kappa shape index (κ2) is 6.21. The Morgan fingerprint density at radius 1 is 1.40 bits per heavy atom. The van der Waals surface area contributed by atoms with Crippen LogP contribution in [0.4, 0.5) is 5.69 Å². The molecule has 1 aromatic carbocycles. The zero-order valence-corrected chi connectivity index (χ0v) is 12.1. The smallest absolute Gasteiger partial charge is 0.242 e. The SMILES string of the molecule is Nc1cc(Cl)ccc1S(=O)(=O)NCCCn1ccnn1. The molecule has 0 unspecified atom stereocenters. The van der Waals surface area contributed by atoms with E-state index in [1.807, 2.05) is 0 Å². The largest absolute Gasteiger partial charge is 0.398 e. The highest BCUT2D eigenvalue weighted by Gasteiger charge is 2.16. The summed E-state index contributed by atoms with van der Waals surface area (Å²) in [5.74, 6) is 0. The summed E-state index contributed by atoms with van der Waals surface area (Å²) in [6.07, 6.45) is 3.88. The molecule has 0 saturated heterocycles. The third kappa shape index (κ3) is 3.69. The molecule has 108 valence electrons. The first-order valence-corrected chi connectivity index (χ1v) is 7.74. The number of aryl methyl sites for hydroxylation is 1. The van der Waals surface area contributed by atoms with Crippen LogP contribution in [0.3, 0.4) is 0 Å². The van der Waals surface area contributed by atoms with Crippen molar-refractivity contribution in [1.82, 2.24) is 19.7 Å². The van der Waals surface area contributed by atoms with Gasteiger partial charge in [-0.05, 0) is 24.6 Å². The number of aromatic nitrogens is 3. The quantitative estimate of drug-likeness (QED) is 0.608. The third-order valence-electron chi connectivity index (χ3n) is 2.59. The van der Waals surface area contributed by atoms with Gasteiger partial charge in [0.15, 0.2) is 0 Å². The number of nitrogens with one attached hydrogen (secondary N) is 1. The fourth-order valence-corrected chi connectivity index (χ4v) is 3.01. The number of halogens is 1. The predicted octanol–water partition coefficient (Wildman–Crippen LogP) is 0.882. The zero-order valence-electron chi connectivity index (χ0n) is 10.5. The van der Waals surface area contributed by atoms with Gasteiger partial charge in [-0.15, -0.1) is 5.10 Å². The monoisotopic (exact) mass is 315 g/mol. The Kier molecular flexibility index (Phi) is 4.58. The van der Waals surface area contributed by atoms with Gasteiger partial charge in [-0.25, -0.2) is 13.1 Å². The van der Waals surface area contributed by atoms with E-state index in [9.17, 15) is 8.42 Å². The number of anilines is 1. The molecule has 0 atom stereocenters. The number of nitrogen functional groups attached to an aromatic ring is 1. The molecule has 1 aromatic heterocycles. The second-order valence-electron chi connectivity index (χ2n) is 4.10. The molecule has 0 spiro atoms. The summed E-state index contributed by atoms with van der Waals surface area (Å²) in [6.45, 7) is 0.864. The Bertz CT molecular complexity index is 672. The zero-order chi connectivity index (χ0) is 14.6. The van der Waals surface area contributed by atoms with Gasteiger partial charge < -0.3 is 5.73 Å². The normalized spacial score (nSPS) is 11.7. The van der Waals surface area contributed by atoms with E-state index in [0.717, 1.165) is 0 Å². The van der Waals surface area contributed by atoms with Crippen molar-refractivity contribution >= 4 is 27.3 Å². The lowest BCUT2D eigenvalue weighted by molar-refractivity contribution is 0.542. The van der Waals surface area contributed by atoms with Crippen molar-refractivity contribution < 1.29 is 8.42 Å². The van der Waals surface area contributed by atoms with Crippen molar-refractivity contribution in [3.8, 4) is 0 Å². The molecule has 7 nitrogen and oxygen atoms in total. The highest BCUT2D eigenvalue weighted by molar-refractivity contribution is 7.89. The summed E-state index contributed by atoms with van der Waals surface area (Å²) >= 11 is 5.74. The van der Waals surface area contributed by atoms with Crippen LogP contribution in [0.25, 0.3) is 0 Å². The maximum atomic E-state index is 12.1. The molecular weight excluding hydrogens is 302 g/mol. The summed E-state index contributed by atoms with van der Waals surface area (Å²) < 4.78 is 28.2. The number of nitrogens with two attached hydrogens (primary N) is 1. The van der Waals surface area contributed by atoms with Crippen LogP contribution in [-0.4, -0.2) is 30.0 Å². The van der Waals surface area contributed by atoms with Crippen LogP contribution in [0.1, 0.15) is 6.42 Å². The first-order valence-electron chi connectivity index (χ1n) is 5.88. The lowest BCUT2D eigenvalue weighted by atomic mass is 10.3. The molecule has 20 heavy (non-hydrogen) atoms. The number of nitrogens with zero attached hydrogens (tertiary/aromatic N) is 3. The molecule has 0 fully saturated rings. The minimum absolute atomic E-state index is 0.0302. The fourth-order valence-electron chi connectivity index (χ4n) is 1.64. The Morgan fingerprint density at radius 3 is 2.85 bits per heavy atom. The number of benzene rings is 1. The van der Waals surface area contributed by atoms with E-state index in [2.05, 4.69) is 15.0 Å². The van der Waals surface area contributed by atoms with Gasteiger partial charge in [0, 0.05) is 24.3 Å². The molecule has 0 aliphatic heterocycles. The van der Waals surface area contributed by atoms with Gasteiger partial charge in [-0.3, -0.25) is 4.68 Å². The minimum atomic E-state index is -3.63. The van der Waals surface area contributed by atoms with Crippen molar-refractivity contribution in [1.29, 1.82) is 0 Å². The molecule has 3 N–H and O–H groups in total. The lowest BCUT2D eigenvalue weighted by Crippen LogP contribution is -2.26. The predicted molar refractivity (Wildman–Crippen MR) is 75.7 cm³/mol. The van der Waals surface area contributed by atoms with Crippen molar-refractivity contribution in [2.45, 2.75) is 17.9 Å². The molecular formula is C11H14ClN5O2S.